The maximum absolute atomic E-state index is 12.1. The van der Waals surface area contributed by atoms with Gasteiger partial charge in [0.15, 0.2) is 0 Å². The summed E-state index contributed by atoms with van der Waals surface area (Å²) >= 11 is 0. The summed E-state index contributed by atoms with van der Waals surface area (Å²) in [6.45, 7) is 12.2. The van der Waals surface area contributed by atoms with Gasteiger partial charge in [0.05, 0.1) is 46.2 Å². The third-order valence-corrected chi connectivity index (χ3v) is 7.09. The molecule has 0 bridgehead atoms. The van der Waals surface area contributed by atoms with Crippen LogP contribution < -0.4 is 0 Å². The van der Waals surface area contributed by atoms with Crippen LogP contribution in [-0.2, 0) is 28.5 Å². The molecular formula is C33H66O6. The Labute approximate surface area is 242 Å². The van der Waals surface area contributed by atoms with Gasteiger partial charge in [-0.1, -0.05) is 111 Å². The molecule has 1 atom stereocenters. The summed E-state index contributed by atoms with van der Waals surface area (Å²) in [5.41, 5.74) is 0. The van der Waals surface area contributed by atoms with Crippen molar-refractivity contribution in [1.82, 2.24) is 0 Å². The molecule has 39 heavy (non-hydrogen) atoms. The normalized spacial score (nSPS) is 12.2. The number of hydrogen-bond donors (Lipinski definition) is 0. The molecule has 0 saturated carbocycles. The Morgan fingerprint density at radius 3 is 1.41 bits per heavy atom. The highest BCUT2D eigenvalue weighted by atomic mass is 16.6. The van der Waals surface area contributed by atoms with Crippen LogP contribution in [0, 0.1) is 5.92 Å². The molecule has 0 N–H and O–H groups in total. The van der Waals surface area contributed by atoms with Gasteiger partial charge < -0.3 is 23.7 Å². The molecule has 0 aromatic carbocycles. The zero-order valence-corrected chi connectivity index (χ0v) is 26.3. The van der Waals surface area contributed by atoms with Crippen molar-refractivity contribution in [2.24, 2.45) is 5.92 Å². The number of esters is 1. The van der Waals surface area contributed by atoms with Crippen LogP contribution in [0.4, 0.5) is 0 Å². The third kappa shape index (κ3) is 31.7. The topological polar surface area (TPSA) is 63.2 Å². The molecule has 0 rings (SSSR count). The lowest BCUT2D eigenvalue weighted by Crippen LogP contribution is -2.15. The van der Waals surface area contributed by atoms with Gasteiger partial charge in [-0.05, 0) is 31.6 Å². The summed E-state index contributed by atoms with van der Waals surface area (Å²) in [5.74, 6) is 0.416. The van der Waals surface area contributed by atoms with Crippen molar-refractivity contribution in [3.05, 3.63) is 0 Å². The molecule has 1 unspecified atom stereocenters. The molecule has 0 saturated heterocycles. The molecule has 0 aliphatic heterocycles. The van der Waals surface area contributed by atoms with E-state index in [1.807, 2.05) is 0 Å². The van der Waals surface area contributed by atoms with Crippen LogP contribution >= 0.6 is 0 Å². The molecule has 0 heterocycles. The van der Waals surface area contributed by atoms with E-state index in [4.69, 9.17) is 23.7 Å². The maximum Gasteiger partial charge on any atom is 0.305 e. The summed E-state index contributed by atoms with van der Waals surface area (Å²) in [6.07, 6.45) is 23.0. The molecule has 0 spiro atoms. The van der Waals surface area contributed by atoms with Crippen molar-refractivity contribution in [2.75, 3.05) is 59.5 Å². The SMILES string of the molecule is CCCCCCCCCCCOCCOCCOCCOCCCC(=O)OCC(CCCC)CCCCCC. The minimum Gasteiger partial charge on any atom is -0.465 e. The van der Waals surface area contributed by atoms with Gasteiger partial charge in [-0.15, -0.1) is 0 Å². The predicted molar refractivity (Wildman–Crippen MR) is 162 cm³/mol. The smallest absolute Gasteiger partial charge is 0.305 e. The first-order chi connectivity index (χ1) is 19.2. The van der Waals surface area contributed by atoms with E-state index < -0.39 is 0 Å². The lowest BCUT2D eigenvalue weighted by Gasteiger charge is -2.16. The number of carbonyl (C=O) groups is 1. The molecule has 0 aromatic rings. The molecule has 0 radical (unpaired) electrons. The standard InChI is InChI=1S/C33H66O6/c1-4-7-10-12-13-14-15-16-18-23-35-25-27-37-29-30-38-28-26-36-24-19-22-33(34)39-31-32(20-9-6-3)21-17-11-8-5-2/h32H,4-31H2,1-3H3. The van der Waals surface area contributed by atoms with E-state index in [1.54, 1.807) is 0 Å². The van der Waals surface area contributed by atoms with E-state index in [0.717, 1.165) is 19.4 Å². The zero-order chi connectivity index (χ0) is 28.5. The van der Waals surface area contributed by atoms with Crippen molar-refractivity contribution in [2.45, 2.75) is 143 Å². The van der Waals surface area contributed by atoms with Gasteiger partial charge in [0.2, 0.25) is 0 Å². The molecule has 0 fully saturated rings. The Hall–Kier alpha value is -0.690. The number of carbonyl (C=O) groups excluding carboxylic acids is 1. The first kappa shape index (κ1) is 38.3. The summed E-state index contributed by atoms with van der Waals surface area (Å²) in [4.78, 5) is 12.1. The van der Waals surface area contributed by atoms with Gasteiger partial charge in [-0.2, -0.15) is 0 Å². The second-order valence-electron chi connectivity index (χ2n) is 10.9. The minimum atomic E-state index is -0.0980. The first-order valence-electron chi connectivity index (χ1n) is 16.7. The van der Waals surface area contributed by atoms with Crippen molar-refractivity contribution in [3.8, 4) is 0 Å². The molecule has 0 aromatic heterocycles. The third-order valence-electron chi connectivity index (χ3n) is 7.09. The average Bonchev–Trinajstić information content (AvgIpc) is 2.94. The molecule has 0 aliphatic carbocycles. The monoisotopic (exact) mass is 558 g/mol. The highest BCUT2D eigenvalue weighted by Crippen LogP contribution is 2.18. The molecule has 234 valence electrons. The molecule has 0 aliphatic rings. The number of hydrogen-bond acceptors (Lipinski definition) is 6. The molecule has 6 nitrogen and oxygen atoms in total. The summed E-state index contributed by atoms with van der Waals surface area (Å²) < 4.78 is 27.9. The molecule has 6 heteroatoms. The van der Waals surface area contributed by atoms with Crippen LogP contribution in [0.25, 0.3) is 0 Å². The highest BCUT2D eigenvalue weighted by molar-refractivity contribution is 5.69. The van der Waals surface area contributed by atoms with Gasteiger partial charge in [-0.25, -0.2) is 0 Å². The van der Waals surface area contributed by atoms with Crippen LogP contribution in [-0.4, -0.2) is 65.4 Å². The number of unbranched alkanes of at least 4 members (excludes halogenated alkanes) is 12. The fourth-order valence-corrected chi connectivity index (χ4v) is 4.54. The lowest BCUT2D eigenvalue weighted by molar-refractivity contribution is -0.145. The Morgan fingerprint density at radius 1 is 0.462 bits per heavy atom. The van der Waals surface area contributed by atoms with Crippen LogP contribution in [0.3, 0.4) is 0 Å². The highest BCUT2D eigenvalue weighted by Gasteiger charge is 2.12. The van der Waals surface area contributed by atoms with Crippen molar-refractivity contribution >= 4 is 5.97 Å². The van der Waals surface area contributed by atoms with Crippen LogP contribution in [0.15, 0.2) is 0 Å². The van der Waals surface area contributed by atoms with E-state index in [9.17, 15) is 4.79 Å². The Morgan fingerprint density at radius 2 is 0.872 bits per heavy atom. The fourth-order valence-electron chi connectivity index (χ4n) is 4.54. The van der Waals surface area contributed by atoms with E-state index in [2.05, 4.69) is 20.8 Å². The summed E-state index contributed by atoms with van der Waals surface area (Å²) in [7, 11) is 0. The van der Waals surface area contributed by atoms with Crippen molar-refractivity contribution < 1.29 is 28.5 Å². The van der Waals surface area contributed by atoms with Crippen LogP contribution in [0.5, 0.6) is 0 Å². The quantitative estimate of drug-likeness (QED) is 0.0593. The second-order valence-corrected chi connectivity index (χ2v) is 10.9. The molecular weight excluding hydrogens is 492 g/mol. The van der Waals surface area contributed by atoms with Gasteiger partial charge in [0.1, 0.15) is 0 Å². The van der Waals surface area contributed by atoms with E-state index in [0.29, 0.717) is 71.6 Å². The van der Waals surface area contributed by atoms with Gasteiger partial charge in [0.25, 0.3) is 0 Å². The average molecular weight is 559 g/mol. The second kappa shape index (κ2) is 33.5. The Balaban J connectivity index is 3.35. The predicted octanol–water partition coefficient (Wildman–Crippen LogP) is 8.68. The fraction of sp³-hybridized carbons (Fsp3) is 0.970. The summed E-state index contributed by atoms with van der Waals surface area (Å²) in [5, 5.41) is 0. The Bertz CT molecular complexity index is 473. The lowest BCUT2D eigenvalue weighted by atomic mass is 9.96. The van der Waals surface area contributed by atoms with Gasteiger partial charge in [-0.3, -0.25) is 4.79 Å². The largest absolute Gasteiger partial charge is 0.465 e. The van der Waals surface area contributed by atoms with Gasteiger partial charge >= 0.3 is 5.97 Å². The first-order valence-corrected chi connectivity index (χ1v) is 16.7. The van der Waals surface area contributed by atoms with E-state index in [1.165, 1.54) is 96.3 Å². The van der Waals surface area contributed by atoms with E-state index >= 15 is 0 Å². The maximum atomic E-state index is 12.1. The van der Waals surface area contributed by atoms with Crippen LogP contribution in [0.2, 0.25) is 0 Å². The Kier molecular flexibility index (Phi) is 32.9. The van der Waals surface area contributed by atoms with Crippen molar-refractivity contribution in [3.63, 3.8) is 0 Å². The summed E-state index contributed by atoms with van der Waals surface area (Å²) in [6, 6.07) is 0. The van der Waals surface area contributed by atoms with E-state index in [-0.39, 0.29) is 5.97 Å². The minimum absolute atomic E-state index is 0.0980. The van der Waals surface area contributed by atoms with Gasteiger partial charge in [0, 0.05) is 19.6 Å². The zero-order valence-electron chi connectivity index (χ0n) is 26.3. The number of ether oxygens (including phenoxy) is 5. The molecule has 0 amide bonds. The van der Waals surface area contributed by atoms with Crippen LogP contribution in [0.1, 0.15) is 143 Å². The number of rotatable bonds is 33. The van der Waals surface area contributed by atoms with Crippen molar-refractivity contribution in [1.29, 1.82) is 0 Å².